The summed E-state index contributed by atoms with van der Waals surface area (Å²) in [6.07, 6.45) is 33.7. The lowest BCUT2D eigenvalue weighted by atomic mass is 9.81. The first-order valence-corrected chi connectivity index (χ1v) is 14.4. The third kappa shape index (κ3) is 8.54. The van der Waals surface area contributed by atoms with Gasteiger partial charge < -0.3 is 0 Å². The Morgan fingerprint density at radius 2 is 0.935 bits per heavy atom. The minimum atomic E-state index is 1.24. The zero-order valence-electron chi connectivity index (χ0n) is 20.9. The molecule has 0 spiro atoms. The van der Waals surface area contributed by atoms with Crippen LogP contribution in [0, 0.1) is 0 Å². The van der Waals surface area contributed by atoms with Gasteiger partial charge in [-0.25, -0.2) is 0 Å². The van der Waals surface area contributed by atoms with Crippen LogP contribution in [0.2, 0.25) is 0 Å². The summed E-state index contributed by atoms with van der Waals surface area (Å²) in [5.41, 5.74) is 8.12. The Kier molecular flexibility index (Phi) is 12.0. The van der Waals surface area contributed by atoms with Crippen LogP contribution in [0.3, 0.4) is 0 Å². The van der Waals surface area contributed by atoms with Gasteiger partial charge >= 0.3 is 0 Å². The van der Waals surface area contributed by atoms with E-state index in [-0.39, 0.29) is 0 Å². The van der Waals surface area contributed by atoms with E-state index in [1.54, 1.807) is 16.7 Å². The lowest BCUT2D eigenvalue weighted by Crippen LogP contribution is -2.17. The predicted octanol–water partition coefficient (Wildman–Crippen LogP) is 9.25. The van der Waals surface area contributed by atoms with Gasteiger partial charge in [-0.3, -0.25) is 4.98 Å². The van der Waals surface area contributed by atoms with Gasteiger partial charge in [0.15, 0.2) is 0 Å². The molecule has 1 aromatic rings. The number of aryl methyl sites for hydroxylation is 2. The lowest BCUT2D eigenvalue weighted by Gasteiger charge is -2.27. The Morgan fingerprint density at radius 1 is 0.484 bits per heavy atom. The van der Waals surface area contributed by atoms with Crippen LogP contribution in [0.15, 0.2) is 0 Å². The molecule has 1 nitrogen and oxygen atoms in total. The van der Waals surface area contributed by atoms with Gasteiger partial charge in [-0.05, 0) is 80.9 Å². The van der Waals surface area contributed by atoms with Crippen molar-refractivity contribution in [3.8, 4) is 0 Å². The maximum absolute atomic E-state index is 5.23. The maximum Gasteiger partial charge on any atom is 0.0441 e. The summed E-state index contributed by atoms with van der Waals surface area (Å²) in [6, 6.07) is 0. The van der Waals surface area contributed by atoms with Crippen LogP contribution < -0.4 is 0 Å². The first kappa shape index (κ1) is 24.8. The number of rotatable bonds is 16. The standard InChI is InChI=1S/C30H51N/c1-2-3-4-5-6-7-8-9-10-11-12-13-14-15-16-24-29-27-22-18-17-21-26(27)28-23-19-20-25-30(28)31-29/h2-25H2,1H3. The summed E-state index contributed by atoms with van der Waals surface area (Å²) >= 11 is 0. The molecule has 1 aromatic heterocycles. The molecule has 0 saturated heterocycles. The monoisotopic (exact) mass is 425 g/mol. The molecule has 2 aliphatic rings. The topological polar surface area (TPSA) is 12.9 Å². The molecule has 2 aliphatic carbocycles. The molecule has 0 atom stereocenters. The van der Waals surface area contributed by atoms with Crippen molar-refractivity contribution in [2.45, 2.75) is 161 Å². The molecule has 0 fully saturated rings. The van der Waals surface area contributed by atoms with Crippen LogP contribution >= 0.6 is 0 Å². The first-order chi connectivity index (χ1) is 15.4. The van der Waals surface area contributed by atoms with Crippen LogP contribution in [-0.2, 0) is 32.1 Å². The molecule has 0 aromatic carbocycles. The molecule has 0 bridgehead atoms. The second-order valence-electron chi connectivity index (χ2n) is 10.6. The zero-order chi connectivity index (χ0) is 21.6. The minimum absolute atomic E-state index is 1.24. The molecule has 0 amide bonds. The van der Waals surface area contributed by atoms with Gasteiger partial charge in [0.25, 0.3) is 0 Å². The van der Waals surface area contributed by atoms with Crippen molar-refractivity contribution >= 4 is 0 Å². The average molecular weight is 426 g/mol. The normalized spacial score (nSPS) is 15.6. The van der Waals surface area contributed by atoms with E-state index in [0.29, 0.717) is 0 Å². The summed E-state index contributed by atoms with van der Waals surface area (Å²) in [5, 5.41) is 0. The smallest absolute Gasteiger partial charge is 0.0441 e. The fourth-order valence-electron chi connectivity index (χ4n) is 6.00. The number of unbranched alkanes of at least 4 members (excludes halogenated alkanes) is 14. The number of hydrogen-bond donors (Lipinski definition) is 0. The SMILES string of the molecule is CCCCCCCCCCCCCCCCCc1nc2c(c3c1CCCC3)CCCC2. The van der Waals surface area contributed by atoms with E-state index in [9.17, 15) is 0 Å². The zero-order valence-corrected chi connectivity index (χ0v) is 20.9. The van der Waals surface area contributed by atoms with E-state index < -0.39 is 0 Å². The van der Waals surface area contributed by atoms with Crippen molar-refractivity contribution < 1.29 is 0 Å². The van der Waals surface area contributed by atoms with E-state index in [1.807, 2.05) is 0 Å². The predicted molar refractivity (Wildman–Crippen MR) is 136 cm³/mol. The van der Waals surface area contributed by atoms with Crippen LogP contribution in [0.4, 0.5) is 0 Å². The fraction of sp³-hybridized carbons (Fsp3) is 0.833. The lowest BCUT2D eigenvalue weighted by molar-refractivity contribution is 0.531. The number of nitrogens with zero attached hydrogens (tertiary/aromatic N) is 1. The average Bonchev–Trinajstić information content (AvgIpc) is 2.81. The Bertz CT molecular complexity index is 617. The molecule has 176 valence electrons. The van der Waals surface area contributed by atoms with Gasteiger partial charge in [0.1, 0.15) is 0 Å². The molecule has 0 radical (unpaired) electrons. The van der Waals surface area contributed by atoms with Crippen molar-refractivity contribution in [1.82, 2.24) is 4.98 Å². The maximum atomic E-state index is 5.23. The minimum Gasteiger partial charge on any atom is -0.257 e. The highest BCUT2D eigenvalue weighted by Gasteiger charge is 2.23. The van der Waals surface area contributed by atoms with Crippen LogP contribution in [0.25, 0.3) is 0 Å². The number of hydrogen-bond acceptors (Lipinski definition) is 1. The number of pyridine rings is 1. The molecule has 0 saturated carbocycles. The third-order valence-electron chi connectivity index (χ3n) is 7.91. The van der Waals surface area contributed by atoms with E-state index in [1.165, 1.54) is 165 Å². The number of fused-ring (bicyclic) bond motifs is 3. The van der Waals surface area contributed by atoms with Gasteiger partial charge in [0.2, 0.25) is 0 Å². The molecular weight excluding hydrogens is 374 g/mol. The molecule has 1 heteroatoms. The molecular formula is C30H51N. The van der Waals surface area contributed by atoms with Gasteiger partial charge in [-0.1, -0.05) is 96.8 Å². The van der Waals surface area contributed by atoms with E-state index >= 15 is 0 Å². The first-order valence-electron chi connectivity index (χ1n) is 14.4. The molecule has 0 N–H and O–H groups in total. The van der Waals surface area contributed by atoms with Crippen molar-refractivity contribution in [1.29, 1.82) is 0 Å². The van der Waals surface area contributed by atoms with Crippen LogP contribution in [0.5, 0.6) is 0 Å². The van der Waals surface area contributed by atoms with E-state index in [0.717, 1.165) is 0 Å². The summed E-state index contributed by atoms with van der Waals surface area (Å²) < 4.78 is 0. The summed E-state index contributed by atoms with van der Waals surface area (Å²) in [7, 11) is 0. The summed E-state index contributed by atoms with van der Waals surface area (Å²) in [4.78, 5) is 5.23. The van der Waals surface area contributed by atoms with E-state index in [4.69, 9.17) is 4.98 Å². The van der Waals surface area contributed by atoms with Crippen molar-refractivity contribution in [2.24, 2.45) is 0 Å². The van der Waals surface area contributed by atoms with Crippen molar-refractivity contribution in [3.05, 3.63) is 28.1 Å². The van der Waals surface area contributed by atoms with Gasteiger partial charge in [-0.15, -0.1) is 0 Å². The highest BCUT2D eigenvalue weighted by molar-refractivity contribution is 5.43. The Balaban J connectivity index is 1.23. The van der Waals surface area contributed by atoms with Crippen molar-refractivity contribution in [3.63, 3.8) is 0 Å². The van der Waals surface area contributed by atoms with Crippen LogP contribution in [-0.4, -0.2) is 4.98 Å². The molecule has 31 heavy (non-hydrogen) atoms. The Hall–Kier alpha value is -0.850. The molecule has 0 unspecified atom stereocenters. The van der Waals surface area contributed by atoms with Gasteiger partial charge in [0.05, 0.1) is 0 Å². The highest BCUT2D eigenvalue weighted by Crippen LogP contribution is 2.33. The van der Waals surface area contributed by atoms with Gasteiger partial charge in [0, 0.05) is 11.4 Å². The highest BCUT2D eigenvalue weighted by atomic mass is 14.7. The Morgan fingerprint density at radius 3 is 1.52 bits per heavy atom. The molecule has 0 aliphatic heterocycles. The third-order valence-corrected chi connectivity index (χ3v) is 7.91. The molecule has 3 rings (SSSR count). The van der Waals surface area contributed by atoms with E-state index in [2.05, 4.69) is 6.92 Å². The molecule has 1 heterocycles. The summed E-state index contributed by atoms with van der Waals surface area (Å²) in [5.74, 6) is 0. The van der Waals surface area contributed by atoms with Gasteiger partial charge in [-0.2, -0.15) is 0 Å². The quantitative estimate of drug-likeness (QED) is 0.240. The second kappa shape index (κ2) is 15.1. The second-order valence-corrected chi connectivity index (χ2v) is 10.6. The van der Waals surface area contributed by atoms with Crippen LogP contribution in [0.1, 0.15) is 157 Å². The summed E-state index contributed by atoms with van der Waals surface area (Å²) in [6.45, 7) is 2.30. The fourth-order valence-corrected chi connectivity index (χ4v) is 6.00. The van der Waals surface area contributed by atoms with Crippen molar-refractivity contribution in [2.75, 3.05) is 0 Å². The Labute approximate surface area is 194 Å². The number of aromatic nitrogens is 1. The largest absolute Gasteiger partial charge is 0.257 e.